The molecule has 3 aromatic rings. The largest absolute Gasteiger partial charge is 0.361 e. The van der Waals surface area contributed by atoms with Crippen LogP contribution in [0.15, 0.2) is 40.6 Å². The first kappa shape index (κ1) is 7.76. The van der Waals surface area contributed by atoms with Crippen LogP contribution >= 0.6 is 11.3 Å². The third kappa shape index (κ3) is 0.930. The average molecular weight is 201 g/mol. The molecule has 0 radical (unpaired) electrons. The first-order valence-electron chi connectivity index (χ1n) is 4.34. The number of hydrogen-bond donors (Lipinski definition) is 1. The summed E-state index contributed by atoms with van der Waals surface area (Å²) < 4.78 is 1.16. The van der Waals surface area contributed by atoms with Crippen molar-refractivity contribution in [1.29, 1.82) is 0 Å². The molecule has 0 aliphatic heterocycles. The smallest absolute Gasteiger partial charge is 0.190 e. The van der Waals surface area contributed by atoms with E-state index in [0.29, 0.717) is 0 Å². The molecule has 0 aliphatic carbocycles. The summed E-state index contributed by atoms with van der Waals surface area (Å²) in [7, 11) is 0. The van der Waals surface area contributed by atoms with Gasteiger partial charge in [-0.25, -0.2) is 0 Å². The Kier molecular flexibility index (Phi) is 1.49. The van der Waals surface area contributed by atoms with Gasteiger partial charge in [-0.1, -0.05) is 0 Å². The van der Waals surface area contributed by atoms with Gasteiger partial charge < -0.3 is 4.98 Å². The molecule has 1 N–H and O–H groups in total. The monoisotopic (exact) mass is 201 g/mol. The van der Waals surface area contributed by atoms with E-state index in [1.165, 1.54) is 0 Å². The predicted octanol–water partition coefficient (Wildman–Crippen LogP) is 2.74. The van der Waals surface area contributed by atoms with Crippen molar-refractivity contribution in [3.05, 3.63) is 46.1 Å². The molecule has 0 bridgehead atoms. The van der Waals surface area contributed by atoms with Crippen LogP contribution in [0.2, 0.25) is 0 Å². The normalized spacial score (nSPS) is 11.1. The highest BCUT2D eigenvalue weighted by Crippen LogP contribution is 2.25. The van der Waals surface area contributed by atoms with Crippen molar-refractivity contribution >= 4 is 32.3 Å². The summed E-state index contributed by atoms with van der Waals surface area (Å²) in [6, 6.07) is 7.56. The van der Waals surface area contributed by atoms with E-state index in [-0.39, 0.29) is 5.43 Å². The minimum Gasteiger partial charge on any atom is -0.361 e. The highest BCUT2D eigenvalue weighted by molar-refractivity contribution is 7.17. The van der Waals surface area contributed by atoms with Crippen LogP contribution in [0.25, 0.3) is 21.0 Å². The number of fused-ring (bicyclic) bond motifs is 3. The van der Waals surface area contributed by atoms with Crippen LogP contribution in [0.3, 0.4) is 0 Å². The van der Waals surface area contributed by atoms with Gasteiger partial charge in [-0.3, -0.25) is 4.79 Å². The summed E-state index contributed by atoms with van der Waals surface area (Å²) >= 11 is 1.66. The van der Waals surface area contributed by atoms with E-state index in [0.717, 1.165) is 21.0 Å². The number of nitrogens with one attached hydrogen (secondary N) is 1. The molecule has 0 spiro atoms. The Morgan fingerprint density at radius 2 is 2.07 bits per heavy atom. The summed E-state index contributed by atoms with van der Waals surface area (Å²) in [5.74, 6) is 0. The second-order valence-electron chi connectivity index (χ2n) is 3.16. The van der Waals surface area contributed by atoms with E-state index >= 15 is 0 Å². The number of aromatic nitrogens is 1. The number of hydrogen-bond acceptors (Lipinski definition) is 2. The van der Waals surface area contributed by atoms with Crippen molar-refractivity contribution in [1.82, 2.24) is 4.98 Å². The molecule has 2 heterocycles. The number of thiophene rings is 1. The summed E-state index contributed by atoms with van der Waals surface area (Å²) in [5.41, 5.74) is 0.992. The van der Waals surface area contributed by atoms with Gasteiger partial charge in [-0.2, -0.15) is 0 Å². The molecule has 68 valence electrons. The van der Waals surface area contributed by atoms with E-state index in [1.54, 1.807) is 23.6 Å². The third-order valence-corrected chi connectivity index (χ3v) is 3.24. The molecular formula is C11H7NOS. The van der Waals surface area contributed by atoms with Crippen LogP contribution in [-0.4, -0.2) is 4.98 Å². The van der Waals surface area contributed by atoms with Gasteiger partial charge >= 0.3 is 0 Å². The molecule has 0 atom stereocenters. The molecule has 0 amide bonds. The van der Waals surface area contributed by atoms with Gasteiger partial charge in [-0.05, 0) is 23.6 Å². The Morgan fingerprint density at radius 1 is 1.14 bits per heavy atom. The Balaban J connectivity index is 2.74. The number of aromatic amines is 1. The SMILES string of the molecule is O=c1cc[nH]c2ccc3sccc3c12. The fraction of sp³-hybridized carbons (Fsp3) is 0. The quantitative estimate of drug-likeness (QED) is 0.596. The van der Waals surface area contributed by atoms with Gasteiger partial charge in [-0.15, -0.1) is 11.3 Å². The molecule has 0 unspecified atom stereocenters. The van der Waals surface area contributed by atoms with Gasteiger partial charge in [0.05, 0.1) is 5.39 Å². The number of benzene rings is 1. The zero-order valence-electron chi connectivity index (χ0n) is 7.28. The van der Waals surface area contributed by atoms with Crippen molar-refractivity contribution in [2.45, 2.75) is 0 Å². The van der Waals surface area contributed by atoms with E-state index in [2.05, 4.69) is 4.98 Å². The molecule has 0 saturated heterocycles. The fourth-order valence-electron chi connectivity index (χ4n) is 1.72. The lowest BCUT2D eigenvalue weighted by atomic mass is 10.1. The van der Waals surface area contributed by atoms with Crippen LogP contribution in [-0.2, 0) is 0 Å². The average Bonchev–Trinajstić information content (AvgIpc) is 2.65. The second-order valence-corrected chi connectivity index (χ2v) is 4.11. The van der Waals surface area contributed by atoms with Crippen molar-refractivity contribution in [3.63, 3.8) is 0 Å². The highest BCUT2D eigenvalue weighted by Gasteiger charge is 2.03. The Bertz CT molecular complexity index is 665. The topological polar surface area (TPSA) is 32.9 Å². The molecule has 3 heteroatoms. The van der Waals surface area contributed by atoms with Gasteiger partial charge in [0.2, 0.25) is 0 Å². The zero-order valence-corrected chi connectivity index (χ0v) is 8.10. The van der Waals surface area contributed by atoms with E-state index < -0.39 is 0 Å². The van der Waals surface area contributed by atoms with E-state index in [4.69, 9.17) is 0 Å². The number of rotatable bonds is 0. The maximum absolute atomic E-state index is 11.7. The second kappa shape index (κ2) is 2.69. The van der Waals surface area contributed by atoms with Crippen molar-refractivity contribution < 1.29 is 0 Å². The van der Waals surface area contributed by atoms with Gasteiger partial charge in [0.25, 0.3) is 0 Å². The lowest BCUT2D eigenvalue weighted by Crippen LogP contribution is -1.99. The highest BCUT2D eigenvalue weighted by atomic mass is 32.1. The number of pyridine rings is 1. The third-order valence-electron chi connectivity index (χ3n) is 2.36. The molecule has 0 aliphatic rings. The number of H-pyrrole nitrogens is 1. The van der Waals surface area contributed by atoms with E-state index in [1.807, 2.05) is 23.6 Å². The molecular weight excluding hydrogens is 194 g/mol. The molecule has 3 rings (SSSR count). The maximum Gasteiger partial charge on any atom is 0.190 e. The first-order chi connectivity index (χ1) is 6.86. The minimum absolute atomic E-state index is 0.0859. The summed E-state index contributed by atoms with van der Waals surface area (Å²) in [4.78, 5) is 14.8. The molecule has 2 aromatic heterocycles. The maximum atomic E-state index is 11.7. The Morgan fingerprint density at radius 3 is 3.00 bits per heavy atom. The zero-order chi connectivity index (χ0) is 9.54. The van der Waals surface area contributed by atoms with Gasteiger partial charge in [0.1, 0.15) is 0 Å². The fourth-order valence-corrected chi connectivity index (χ4v) is 2.51. The van der Waals surface area contributed by atoms with Crippen molar-refractivity contribution in [2.75, 3.05) is 0 Å². The standard InChI is InChI=1S/C11H7NOS/c13-9-3-5-12-8-1-2-10-7(11(8)9)4-6-14-10/h1-6H,(H,12,13). The van der Waals surface area contributed by atoms with Gasteiger partial charge in [0, 0.05) is 27.9 Å². The van der Waals surface area contributed by atoms with Gasteiger partial charge in [0.15, 0.2) is 5.43 Å². The molecule has 14 heavy (non-hydrogen) atoms. The lowest BCUT2D eigenvalue weighted by molar-refractivity contribution is 1.40. The minimum atomic E-state index is 0.0859. The van der Waals surface area contributed by atoms with Crippen LogP contribution in [0, 0.1) is 0 Å². The summed E-state index contributed by atoms with van der Waals surface area (Å²) in [6.45, 7) is 0. The molecule has 0 fully saturated rings. The lowest BCUT2D eigenvalue weighted by Gasteiger charge is -1.97. The Labute approximate surface area is 83.8 Å². The van der Waals surface area contributed by atoms with Crippen LogP contribution < -0.4 is 5.43 Å². The van der Waals surface area contributed by atoms with Crippen LogP contribution in [0.1, 0.15) is 0 Å². The molecule has 2 nitrogen and oxygen atoms in total. The summed E-state index contributed by atoms with van der Waals surface area (Å²) in [6.07, 6.45) is 1.68. The van der Waals surface area contributed by atoms with E-state index in [9.17, 15) is 4.79 Å². The van der Waals surface area contributed by atoms with Crippen molar-refractivity contribution in [2.24, 2.45) is 0 Å². The summed E-state index contributed by atoms with van der Waals surface area (Å²) in [5, 5.41) is 3.86. The van der Waals surface area contributed by atoms with Crippen LogP contribution in [0.4, 0.5) is 0 Å². The molecule has 1 aromatic carbocycles. The Hall–Kier alpha value is -1.61. The molecule has 0 saturated carbocycles. The predicted molar refractivity (Wildman–Crippen MR) is 60.0 cm³/mol. The van der Waals surface area contributed by atoms with Crippen LogP contribution in [0.5, 0.6) is 0 Å². The van der Waals surface area contributed by atoms with Crippen molar-refractivity contribution in [3.8, 4) is 0 Å². The first-order valence-corrected chi connectivity index (χ1v) is 5.22.